The summed E-state index contributed by atoms with van der Waals surface area (Å²) in [7, 11) is 3.20. The Morgan fingerprint density at radius 3 is 2.41 bits per heavy atom. The highest BCUT2D eigenvalue weighted by atomic mass is 16.5. The van der Waals surface area contributed by atoms with Crippen molar-refractivity contribution in [3.05, 3.63) is 111 Å². The number of hydrogen-bond acceptors (Lipinski definition) is 6. The first-order valence-electron chi connectivity index (χ1n) is 12.0. The molecule has 0 spiro atoms. The van der Waals surface area contributed by atoms with Crippen molar-refractivity contribution < 1.29 is 14.3 Å². The van der Waals surface area contributed by atoms with E-state index in [1.54, 1.807) is 54.2 Å². The quantitative estimate of drug-likeness (QED) is 0.358. The Kier molecular flexibility index (Phi) is 8.15. The van der Waals surface area contributed by atoms with Gasteiger partial charge in [-0.2, -0.15) is 5.10 Å². The van der Waals surface area contributed by atoms with Crippen LogP contribution in [-0.2, 0) is 31.0 Å². The Balaban J connectivity index is 1.45. The summed E-state index contributed by atoms with van der Waals surface area (Å²) < 4.78 is 14.1. The number of methoxy groups -OCH3 is 2. The zero-order valence-electron chi connectivity index (χ0n) is 21.5. The number of benzene rings is 1. The number of carbonyl (C=O) groups is 1. The Hall–Kier alpha value is -4.24. The number of aromatic nitrogens is 4. The summed E-state index contributed by atoms with van der Waals surface area (Å²) >= 11 is 0. The van der Waals surface area contributed by atoms with E-state index in [0.29, 0.717) is 24.3 Å². The molecule has 9 heteroatoms. The van der Waals surface area contributed by atoms with Crippen LogP contribution in [0.25, 0.3) is 0 Å². The van der Waals surface area contributed by atoms with Crippen LogP contribution in [0.5, 0.6) is 5.75 Å². The van der Waals surface area contributed by atoms with Crippen LogP contribution in [0.1, 0.15) is 44.0 Å². The van der Waals surface area contributed by atoms with Crippen molar-refractivity contribution in [1.29, 1.82) is 0 Å². The molecule has 3 heterocycles. The van der Waals surface area contributed by atoms with Gasteiger partial charge in [0.05, 0.1) is 44.6 Å². The van der Waals surface area contributed by atoms with Crippen molar-refractivity contribution in [3.63, 3.8) is 0 Å². The molecule has 1 N–H and O–H groups in total. The molecule has 0 aliphatic heterocycles. The molecule has 4 aromatic rings. The second kappa shape index (κ2) is 11.7. The number of amides is 1. The van der Waals surface area contributed by atoms with Gasteiger partial charge in [-0.25, -0.2) is 0 Å². The smallest absolute Gasteiger partial charge is 0.255 e. The fourth-order valence-electron chi connectivity index (χ4n) is 4.21. The standard InChI is InChI=1S/C28H31N5O4/c1-19-13-29-24(20(2)27(19)37-4)14-30-28(35)23-17-33(31-25(23)18-36-3)16-22-10-8-21(9-11-22)15-32-12-6-5-7-26(32)34/h5-13,17H,14-16,18H2,1-4H3,(H,30,35). The lowest BCUT2D eigenvalue weighted by atomic mass is 10.1. The van der Waals surface area contributed by atoms with E-state index in [1.807, 2.05) is 44.2 Å². The van der Waals surface area contributed by atoms with Gasteiger partial charge in [-0.3, -0.25) is 19.3 Å². The first-order chi connectivity index (χ1) is 17.9. The Morgan fingerprint density at radius 1 is 1.00 bits per heavy atom. The summed E-state index contributed by atoms with van der Waals surface area (Å²) in [6, 6.07) is 13.1. The molecule has 0 aliphatic rings. The SMILES string of the molecule is COCc1nn(Cc2ccc(Cn3ccccc3=O)cc2)cc1C(=O)NCc1ncc(C)c(OC)c1C. The third-order valence-corrected chi connectivity index (χ3v) is 6.15. The first-order valence-corrected chi connectivity index (χ1v) is 12.0. The number of hydrogen-bond donors (Lipinski definition) is 1. The van der Waals surface area contributed by atoms with Gasteiger partial charge in [-0.15, -0.1) is 0 Å². The van der Waals surface area contributed by atoms with E-state index in [-0.39, 0.29) is 24.6 Å². The molecule has 37 heavy (non-hydrogen) atoms. The second-order valence-electron chi connectivity index (χ2n) is 8.83. The lowest BCUT2D eigenvalue weighted by molar-refractivity contribution is 0.0945. The zero-order valence-corrected chi connectivity index (χ0v) is 21.5. The minimum atomic E-state index is -0.248. The van der Waals surface area contributed by atoms with E-state index >= 15 is 0 Å². The molecule has 3 aromatic heterocycles. The maximum atomic E-state index is 13.1. The minimum absolute atomic E-state index is 0.0351. The Bertz CT molecular complexity index is 1440. The molecule has 0 saturated carbocycles. The number of carbonyl (C=O) groups excluding carboxylic acids is 1. The molecular weight excluding hydrogens is 470 g/mol. The van der Waals surface area contributed by atoms with Gasteiger partial charge in [0.25, 0.3) is 11.5 Å². The summed E-state index contributed by atoms with van der Waals surface area (Å²) in [4.78, 5) is 29.5. The van der Waals surface area contributed by atoms with Crippen molar-refractivity contribution in [3.8, 4) is 5.75 Å². The topological polar surface area (TPSA) is 100 Å². The van der Waals surface area contributed by atoms with Gasteiger partial charge in [-0.05, 0) is 31.0 Å². The third kappa shape index (κ3) is 6.13. The second-order valence-corrected chi connectivity index (χ2v) is 8.83. The zero-order chi connectivity index (χ0) is 26.4. The van der Waals surface area contributed by atoms with E-state index in [9.17, 15) is 9.59 Å². The number of nitrogens with zero attached hydrogens (tertiary/aromatic N) is 4. The largest absolute Gasteiger partial charge is 0.496 e. The van der Waals surface area contributed by atoms with Crippen LogP contribution in [-0.4, -0.2) is 39.5 Å². The average Bonchev–Trinajstić information content (AvgIpc) is 3.28. The molecule has 192 valence electrons. The lowest BCUT2D eigenvalue weighted by Crippen LogP contribution is -2.24. The van der Waals surface area contributed by atoms with Crippen molar-refractivity contribution in [2.75, 3.05) is 14.2 Å². The fourth-order valence-corrected chi connectivity index (χ4v) is 4.21. The molecule has 0 aliphatic carbocycles. The van der Waals surface area contributed by atoms with Crippen molar-refractivity contribution >= 4 is 5.91 Å². The molecule has 0 fully saturated rings. The third-order valence-electron chi connectivity index (χ3n) is 6.15. The molecule has 9 nitrogen and oxygen atoms in total. The van der Waals surface area contributed by atoms with Gasteiger partial charge in [0.15, 0.2) is 0 Å². The highest BCUT2D eigenvalue weighted by molar-refractivity contribution is 5.95. The summed E-state index contributed by atoms with van der Waals surface area (Å²) in [5.41, 5.74) is 5.62. The van der Waals surface area contributed by atoms with Gasteiger partial charge in [0, 0.05) is 42.9 Å². The van der Waals surface area contributed by atoms with Crippen LogP contribution < -0.4 is 15.6 Å². The number of rotatable bonds is 10. The number of pyridine rings is 2. The molecule has 0 atom stereocenters. The predicted octanol–water partition coefficient (Wildman–Crippen LogP) is 3.24. The van der Waals surface area contributed by atoms with Crippen molar-refractivity contribution in [1.82, 2.24) is 24.6 Å². The maximum absolute atomic E-state index is 13.1. The molecule has 1 amide bonds. The number of ether oxygens (including phenoxy) is 2. The van der Waals surface area contributed by atoms with E-state index < -0.39 is 0 Å². The Morgan fingerprint density at radius 2 is 1.73 bits per heavy atom. The molecule has 0 bridgehead atoms. The van der Waals surface area contributed by atoms with E-state index in [4.69, 9.17) is 9.47 Å². The molecule has 1 aromatic carbocycles. The molecule has 0 saturated heterocycles. The number of nitrogens with one attached hydrogen (secondary N) is 1. The van der Waals surface area contributed by atoms with Gasteiger partial charge in [-0.1, -0.05) is 30.3 Å². The first kappa shape index (κ1) is 25.8. The van der Waals surface area contributed by atoms with Crippen LogP contribution in [0.15, 0.2) is 65.8 Å². The average molecular weight is 502 g/mol. The Labute approximate surface area is 215 Å². The van der Waals surface area contributed by atoms with Crippen molar-refractivity contribution in [2.45, 2.75) is 40.1 Å². The van der Waals surface area contributed by atoms with Gasteiger partial charge >= 0.3 is 0 Å². The van der Waals surface area contributed by atoms with Gasteiger partial charge < -0.3 is 19.4 Å². The molecule has 4 rings (SSSR count). The predicted molar refractivity (Wildman–Crippen MR) is 140 cm³/mol. The summed E-state index contributed by atoms with van der Waals surface area (Å²) in [6.45, 7) is 5.35. The summed E-state index contributed by atoms with van der Waals surface area (Å²) in [6.07, 6.45) is 5.25. The fraction of sp³-hybridized carbons (Fsp3) is 0.286. The van der Waals surface area contributed by atoms with E-state index in [2.05, 4.69) is 15.4 Å². The highest BCUT2D eigenvalue weighted by Crippen LogP contribution is 2.24. The van der Waals surface area contributed by atoms with Crippen molar-refractivity contribution in [2.24, 2.45) is 0 Å². The van der Waals surface area contributed by atoms with E-state index in [1.165, 1.54) is 0 Å². The van der Waals surface area contributed by atoms with Gasteiger partial charge in [0.2, 0.25) is 0 Å². The monoisotopic (exact) mass is 501 g/mol. The van der Waals surface area contributed by atoms with Crippen LogP contribution in [0.2, 0.25) is 0 Å². The van der Waals surface area contributed by atoms with Crippen LogP contribution >= 0.6 is 0 Å². The number of aryl methyl sites for hydroxylation is 1. The van der Waals surface area contributed by atoms with Crippen LogP contribution in [0.3, 0.4) is 0 Å². The molecule has 0 unspecified atom stereocenters. The summed E-state index contributed by atoms with van der Waals surface area (Å²) in [5, 5.41) is 7.52. The van der Waals surface area contributed by atoms with Crippen LogP contribution in [0, 0.1) is 13.8 Å². The minimum Gasteiger partial charge on any atom is -0.496 e. The highest BCUT2D eigenvalue weighted by Gasteiger charge is 2.18. The maximum Gasteiger partial charge on any atom is 0.255 e. The summed E-state index contributed by atoms with van der Waals surface area (Å²) in [5.74, 6) is 0.525. The van der Waals surface area contributed by atoms with Crippen LogP contribution in [0.4, 0.5) is 0 Å². The normalized spacial score (nSPS) is 10.9. The lowest BCUT2D eigenvalue weighted by Gasteiger charge is -2.12. The molecule has 0 radical (unpaired) electrons. The molecular formula is C28H31N5O4. The van der Waals surface area contributed by atoms with E-state index in [0.717, 1.165) is 33.7 Å². The van der Waals surface area contributed by atoms with Gasteiger partial charge in [0.1, 0.15) is 11.4 Å².